The van der Waals surface area contributed by atoms with Crippen LogP contribution < -0.4 is 0 Å². The molecule has 0 aromatic heterocycles. The van der Waals surface area contributed by atoms with Gasteiger partial charge in [-0.2, -0.15) is 0 Å². The zero-order valence-electron chi connectivity index (χ0n) is 14.4. The van der Waals surface area contributed by atoms with Gasteiger partial charge in [-0.1, -0.05) is 57.2 Å². The molecular formula is C20H34S. The van der Waals surface area contributed by atoms with E-state index in [4.69, 9.17) is 5.69 Å². The lowest BCUT2D eigenvalue weighted by Gasteiger charge is -2.29. The fourth-order valence-corrected chi connectivity index (χ4v) is 4.20. The lowest BCUT2D eigenvalue weighted by atomic mass is 9.81. The van der Waals surface area contributed by atoms with Crippen LogP contribution in [0.3, 0.4) is 0 Å². The van der Waals surface area contributed by atoms with E-state index in [1.807, 2.05) is 0 Å². The van der Waals surface area contributed by atoms with Crippen molar-refractivity contribution >= 4 is 10.3 Å². The highest BCUT2D eigenvalue weighted by Gasteiger charge is 2.22. The maximum Gasteiger partial charge on any atom is -0.000599 e. The molecule has 1 heteroatoms. The highest BCUT2D eigenvalue weighted by atomic mass is 32.2. The molecule has 1 aliphatic rings. The lowest BCUT2D eigenvalue weighted by Crippen LogP contribution is -2.19. The van der Waals surface area contributed by atoms with Crippen LogP contribution in [0.4, 0.5) is 0 Å². The first kappa shape index (κ1) is 18.4. The maximum absolute atomic E-state index is 6.22. The van der Waals surface area contributed by atoms with E-state index in [9.17, 15) is 0 Å². The third-order valence-electron chi connectivity index (χ3n) is 4.63. The summed E-state index contributed by atoms with van der Waals surface area (Å²) in [6, 6.07) is 0. The van der Waals surface area contributed by atoms with E-state index in [1.54, 1.807) is 0 Å². The summed E-state index contributed by atoms with van der Waals surface area (Å²) in [5, 5.41) is 0.624. The second-order valence-corrected chi connectivity index (χ2v) is 9.37. The Hall–Kier alpha value is -0.650. The van der Waals surface area contributed by atoms with Crippen LogP contribution in [0, 0.1) is 23.4 Å². The van der Waals surface area contributed by atoms with Gasteiger partial charge in [-0.15, -0.1) is 5.69 Å². The fourth-order valence-electron chi connectivity index (χ4n) is 3.02. The SMILES string of the molecule is C#[SH](C)C1CC(=C)/C=C\C(CC(=C)CCC(C)C)C(C)C1. The zero-order chi connectivity index (χ0) is 16.0. The second-order valence-electron chi connectivity index (χ2n) is 7.30. The molecule has 1 rings (SSSR count). The summed E-state index contributed by atoms with van der Waals surface area (Å²) < 4.78 is 0. The normalized spacial score (nSPS) is 29.7. The summed E-state index contributed by atoms with van der Waals surface area (Å²) in [5.41, 5.74) is 8.86. The van der Waals surface area contributed by atoms with Crippen LogP contribution in [0.5, 0.6) is 0 Å². The van der Waals surface area contributed by atoms with E-state index in [1.165, 1.54) is 24.0 Å². The Balaban J connectivity index is 2.70. The van der Waals surface area contributed by atoms with Crippen LogP contribution in [0.25, 0.3) is 0 Å². The van der Waals surface area contributed by atoms with Crippen molar-refractivity contribution < 1.29 is 0 Å². The Bertz CT molecular complexity index is 458. The van der Waals surface area contributed by atoms with Crippen molar-refractivity contribution in [3.05, 3.63) is 36.5 Å². The summed E-state index contributed by atoms with van der Waals surface area (Å²) in [6.45, 7) is 15.4. The molecule has 1 aliphatic carbocycles. The highest BCUT2D eigenvalue weighted by molar-refractivity contribution is 8.06. The molecule has 0 aliphatic heterocycles. The predicted molar refractivity (Wildman–Crippen MR) is 102 cm³/mol. The molecule has 0 spiro atoms. The van der Waals surface area contributed by atoms with Crippen molar-refractivity contribution in [2.75, 3.05) is 6.26 Å². The van der Waals surface area contributed by atoms with Gasteiger partial charge < -0.3 is 0 Å². The Morgan fingerprint density at radius 3 is 2.71 bits per heavy atom. The first-order valence-corrected chi connectivity index (χ1v) is 10.2. The third-order valence-corrected chi connectivity index (χ3v) is 6.17. The number of thiol groups is 1. The molecule has 4 unspecified atom stereocenters. The van der Waals surface area contributed by atoms with Crippen molar-refractivity contribution in [3.63, 3.8) is 0 Å². The minimum absolute atomic E-state index is 0.373. The summed E-state index contributed by atoms with van der Waals surface area (Å²) in [5.74, 6) is 2.04. The molecule has 0 aromatic carbocycles. The van der Waals surface area contributed by atoms with E-state index in [0.29, 0.717) is 17.1 Å². The van der Waals surface area contributed by atoms with Gasteiger partial charge in [-0.25, -0.2) is 10.3 Å². The minimum atomic E-state index is -0.373. The van der Waals surface area contributed by atoms with Crippen molar-refractivity contribution in [2.24, 2.45) is 17.8 Å². The predicted octanol–water partition coefficient (Wildman–Crippen LogP) is 6.12. The van der Waals surface area contributed by atoms with E-state index < -0.39 is 0 Å². The number of hydrogen-bond acceptors (Lipinski definition) is 0. The van der Waals surface area contributed by atoms with Gasteiger partial charge in [0.25, 0.3) is 0 Å². The average molecular weight is 307 g/mol. The van der Waals surface area contributed by atoms with Crippen molar-refractivity contribution in [1.29, 1.82) is 0 Å². The van der Waals surface area contributed by atoms with Crippen molar-refractivity contribution in [3.8, 4) is 5.69 Å². The van der Waals surface area contributed by atoms with Crippen LogP contribution in [0.2, 0.25) is 0 Å². The molecule has 0 saturated carbocycles. The van der Waals surface area contributed by atoms with E-state index in [0.717, 1.165) is 25.2 Å². The molecular weight excluding hydrogens is 272 g/mol. The third kappa shape index (κ3) is 6.76. The van der Waals surface area contributed by atoms with Gasteiger partial charge in [0.1, 0.15) is 0 Å². The number of allylic oxidation sites excluding steroid dienone is 4. The van der Waals surface area contributed by atoms with Crippen molar-refractivity contribution in [1.82, 2.24) is 0 Å². The molecule has 21 heavy (non-hydrogen) atoms. The van der Waals surface area contributed by atoms with Crippen LogP contribution in [0.1, 0.15) is 52.9 Å². The highest BCUT2D eigenvalue weighted by Crippen LogP contribution is 2.35. The molecule has 0 nitrogen and oxygen atoms in total. The molecule has 0 amide bonds. The topological polar surface area (TPSA) is 0 Å². The molecule has 0 fully saturated rings. The summed E-state index contributed by atoms with van der Waals surface area (Å²) in [7, 11) is -0.373. The lowest BCUT2D eigenvalue weighted by molar-refractivity contribution is 0.384. The molecule has 0 saturated heterocycles. The maximum atomic E-state index is 6.22. The summed E-state index contributed by atoms with van der Waals surface area (Å²) in [4.78, 5) is 0. The number of rotatable bonds is 5. The van der Waals surface area contributed by atoms with Crippen LogP contribution in [-0.4, -0.2) is 11.5 Å². The van der Waals surface area contributed by atoms with Gasteiger partial charge in [0, 0.05) is 0 Å². The fraction of sp³-hybridized carbons (Fsp3) is 0.650. The Morgan fingerprint density at radius 1 is 1.48 bits per heavy atom. The first-order valence-electron chi connectivity index (χ1n) is 8.29. The minimum Gasteiger partial charge on any atom is -0.204 e. The first-order chi connectivity index (χ1) is 9.79. The number of hydrogen-bond donors (Lipinski definition) is 1. The van der Waals surface area contributed by atoms with Gasteiger partial charge in [-0.3, -0.25) is 0 Å². The molecule has 0 N–H and O–H groups in total. The summed E-state index contributed by atoms with van der Waals surface area (Å²) >= 11 is 0. The monoisotopic (exact) mass is 306 g/mol. The van der Waals surface area contributed by atoms with Crippen molar-refractivity contribution in [2.45, 2.75) is 58.1 Å². The largest absolute Gasteiger partial charge is 0.204 e. The van der Waals surface area contributed by atoms with Gasteiger partial charge in [0.15, 0.2) is 0 Å². The van der Waals surface area contributed by atoms with E-state index in [-0.39, 0.29) is 10.3 Å². The Kier molecular flexibility index (Phi) is 7.63. The Morgan fingerprint density at radius 2 is 2.14 bits per heavy atom. The van der Waals surface area contributed by atoms with Crippen LogP contribution in [-0.2, 0) is 0 Å². The molecule has 0 radical (unpaired) electrons. The van der Waals surface area contributed by atoms with E-state index in [2.05, 4.69) is 52.3 Å². The molecule has 0 heterocycles. The summed E-state index contributed by atoms with van der Waals surface area (Å²) in [6.07, 6.45) is 12.6. The molecule has 120 valence electrons. The Labute approximate surface area is 135 Å². The van der Waals surface area contributed by atoms with E-state index >= 15 is 0 Å². The smallest absolute Gasteiger partial charge is 0.000599 e. The van der Waals surface area contributed by atoms with Crippen LogP contribution >= 0.6 is 10.3 Å². The second kappa shape index (κ2) is 8.71. The average Bonchev–Trinajstić information content (AvgIpc) is 2.38. The zero-order valence-corrected chi connectivity index (χ0v) is 15.3. The van der Waals surface area contributed by atoms with Crippen LogP contribution in [0.15, 0.2) is 36.5 Å². The standard InChI is InChI=1S/C20H34S/c1-15(2)8-9-16(3)12-19-11-10-17(4)13-20(21(6)7)14-18(19)5/h6,10-11,15,18-21H,3-4,8-9,12-14H2,1-2,5,7H3/b11-10-. The van der Waals surface area contributed by atoms with Gasteiger partial charge in [0.05, 0.1) is 0 Å². The molecule has 4 atom stereocenters. The van der Waals surface area contributed by atoms with Gasteiger partial charge >= 0.3 is 0 Å². The van der Waals surface area contributed by atoms with Gasteiger partial charge in [-0.05, 0) is 61.4 Å². The quantitative estimate of drug-likeness (QED) is 0.459. The molecule has 0 aromatic rings. The molecule has 0 bridgehead atoms. The van der Waals surface area contributed by atoms with Gasteiger partial charge in [0.2, 0.25) is 0 Å².